The van der Waals surface area contributed by atoms with Crippen LogP contribution >= 0.6 is 0 Å². The molecule has 0 aliphatic carbocycles. The molecule has 1 aromatic rings. The van der Waals surface area contributed by atoms with Gasteiger partial charge in [0.2, 0.25) is 0 Å². The van der Waals surface area contributed by atoms with Crippen LogP contribution in [0, 0.1) is 12.8 Å². The minimum absolute atomic E-state index is 0.0839. The van der Waals surface area contributed by atoms with Gasteiger partial charge in [0.15, 0.2) is 0 Å². The Kier molecular flexibility index (Phi) is 4.10. The number of aromatic hydroxyl groups is 1. The smallest absolute Gasteiger partial charge is 0.255 e. The second kappa shape index (κ2) is 5.61. The number of carbonyl (C=O) groups is 1. The van der Waals surface area contributed by atoms with Gasteiger partial charge in [0, 0.05) is 12.6 Å². The number of aryl methyl sites for hydroxylation is 1. The van der Waals surface area contributed by atoms with Gasteiger partial charge >= 0.3 is 0 Å². The number of hydrogen-bond donors (Lipinski definition) is 2. The summed E-state index contributed by atoms with van der Waals surface area (Å²) in [5.74, 6) is 0.331. The summed E-state index contributed by atoms with van der Waals surface area (Å²) in [6, 6.07) is 5.44. The van der Waals surface area contributed by atoms with Crippen molar-refractivity contribution in [1.29, 1.82) is 0 Å². The van der Waals surface area contributed by atoms with Crippen molar-refractivity contribution in [3.05, 3.63) is 29.3 Å². The van der Waals surface area contributed by atoms with Crippen molar-refractivity contribution in [2.45, 2.75) is 26.3 Å². The fourth-order valence-corrected chi connectivity index (χ4v) is 2.66. The molecule has 1 saturated heterocycles. The van der Waals surface area contributed by atoms with Gasteiger partial charge in [-0.15, -0.1) is 0 Å². The highest BCUT2D eigenvalue weighted by Crippen LogP contribution is 2.22. The lowest BCUT2D eigenvalue weighted by atomic mass is 9.94. The Hall–Kier alpha value is -1.55. The standard InChI is InChI=1S/C15H22N2O2/c1-10-5-4-6-12(14(10)18)15(19)16-13-7-8-17(3)9-11(13)2/h4-6,11,13,18H,7-9H2,1-3H3,(H,16,19). The average Bonchev–Trinajstić information content (AvgIpc) is 2.36. The molecule has 1 aliphatic heterocycles. The van der Waals surface area contributed by atoms with Crippen LogP contribution in [-0.4, -0.2) is 42.1 Å². The molecule has 0 spiro atoms. The van der Waals surface area contributed by atoms with Gasteiger partial charge in [-0.25, -0.2) is 0 Å². The van der Waals surface area contributed by atoms with E-state index in [0.717, 1.165) is 25.1 Å². The van der Waals surface area contributed by atoms with Crippen molar-refractivity contribution in [1.82, 2.24) is 10.2 Å². The van der Waals surface area contributed by atoms with Crippen LogP contribution in [-0.2, 0) is 0 Å². The highest BCUT2D eigenvalue weighted by molar-refractivity contribution is 5.97. The summed E-state index contributed by atoms with van der Waals surface area (Å²) >= 11 is 0. The summed E-state index contributed by atoms with van der Waals surface area (Å²) in [5.41, 5.74) is 1.09. The van der Waals surface area contributed by atoms with E-state index in [0.29, 0.717) is 11.5 Å². The van der Waals surface area contributed by atoms with Crippen molar-refractivity contribution in [2.75, 3.05) is 20.1 Å². The maximum absolute atomic E-state index is 12.2. The normalized spacial score (nSPS) is 24.2. The molecule has 104 valence electrons. The third kappa shape index (κ3) is 3.07. The van der Waals surface area contributed by atoms with E-state index in [2.05, 4.69) is 24.2 Å². The monoisotopic (exact) mass is 262 g/mol. The highest BCUT2D eigenvalue weighted by atomic mass is 16.3. The lowest BCUT2D eigenvalue weighted by Crippen LogP contribution is -2.48. The second-order valence-corrected chi connectivity index (χ2v) is 5.58. The Morgan fingerprint density at radius 3 is 2.89 bits per heavy atom. The molecule has 0 bridgehead atoms. The zero-order valence-corrected chi connectivity index (χ0v) is 11.8. The number of hydrogen-bond acceptors (Lipinski definition) is 3. The molecule has 2 atom stereocenters. The zero-order chi connectivity index (χ0) is 14.0. The minimum Gasteiger partial charge on any atom is -0.507 e. The molecule has 1 amide bonds. The number of amides is 1. The van der Waals surface area contributed by atoms with Crippen LogP contribution in [0.15, 0.2) is 18.2 Å². The Bertz CT molecular complexity index is 473. The van der Waals surface area contributed by atoms with E-state index in [1.54, 1.807) is 25.1 Å². The fraction of sp³-hybridized carbons (Fsp3) is 0.533. The van der Waals surface area contributed by atoms with Gasteiger partial charge in [-0.2, -0.15) is 0 Å². The van der Waals surface area contributed by atoms with Crippen LogP contribution in [0.5, 0.6) is 5.75 Å². The van der Waals surface area contributed by atoms with Gasteiger partial charge in [0.1, 0.15) is 5.75 Å². The highest BCUT2D eigenvalue weighted by Gasteiger charge is 2.26. The topological polar surface area (TPSA) is 52.6 Å². The molecule has 4 nitrogen and oxygen atoms in total. The molecule has 2 unspecified atom stereocenters. The molecule has 2 N–H and O–H groups in total. The number of phenolic OH excluding ortho intramolecular Hbond substituents is 1. The van der Waals surface area contributed by atoms with Crippen molar-refractivity contribution in [3.8, 4) is 5.75 Å². The van der Waals surface area contributed by atoms with Crippen molar-refractivity contribution >= 4 is 5.91 Å². The third-order valence-corrected chi connectivity index (χ3v) is 3.91. The number of nitrogens with one attached hydrogen (secondary N) is 1. The van der Waals surface area contributed by atoms with E-state index in [1.165, 1.54) is 0 Å². The first-order valence-corrected chi connectivity index (χ1v) is 6.77. The quantitative estimate of drug-likeness (QED) is 0.854. The maximum atomic E-state index is 12.2. The van der Waals surface area contributed by atoms with E-state index in [-0.39, 0.29) is 17.7 Å². The summed E-state index contributed by atoms with van der Waals surface area (Å²) in [5, 5.41) is 13.0. The number of phenols is 1. The Morgan fingerprint density at radius 2 is 2.21 bits per heavy atom. The lowest BCUT2D eigenvalue weighted by Gasteiger charge is -2.35. The van der Waals surface area contributed by atoms with Gasteiger partial charge in [0.25, 0.3) is 5.91 Å². The molecule has 1 aliphatic rings. The molecule has 0 saturated carbocycles. The molecule has 2 rings (SSSR count). The van der Waals surface area contributed by atoms with Gasteiger partial charge in [-0.05, 0) is 44.5 Å². The summed E-state index contributed by atoms with van der Waals surface area (Å²) in [4.78, 5) is 14.5. The van der Waals surface area contributed by atoms with Gasteiger partial charge < -0.3 is 15.3 Å². The lowest BCUT2D eigenvalue weighted by molar-refractivity contribution is 0.0881. The Morgan fingerprint density at radius 1 is 1.47 bits per heavy atom. The Balaban J connectivity index is 2.07. The molecule has 19 heavy (non-hydrogen) atoms. The van der Waals surface area contributed by atoms with Crippen LogP contribution in [0.4, 0.5) is 0 Å². The zero-order valence-electron chi connectivity index (χ0n) is 11.8. The first-order valence-electron chi connectivity index (χ1n) is 6.77. The van der Waals surface area contributed by atoms with E-state index in [4.69, 9.17) is 0 Å². The van der Waals surface area contributed by atoms with Crippen LogP contribution in [0.25, 0.3) is 0 Å². The summed E-state index contributed by atoms with van der Waals surface area (Å²) in [6.45, 7) is 5.93. The molecule has 0 aromatic heterocycles. The van der Waals surface area contributed by atoms with E-state index in [1.807, 2.05) is 0 Å². The van der Waals surface area contributed by atoms with Gasteiger partial charge in [-0.3, -0.25) is 4.79 Å². The molecular weight excluding hydrogens is 240 g/mol. The Labute approximate surface area is 114 Å². The van der Waals surface area contributed by atoms with Crippen LogP contribution in [0.1, 0.15) is 29.3 Å². The van der Waals surface area contributed by atoms with Crippen molar-refractivity contribution < 1.29 is 9.90 Å². The minimum atomic E-state index is -0.178. The third-order valence-electron chi connectivity index (χ3n) is 3.91. The predicted octanol–water partition coefficient (Wildman–Crippen LogP) is 1.77. The number of benzene rings is 1. The molecule has 0 radical (unpaired) electrons. The maximum Gasteiger partial charge on any atom is 0.255 e. The van der Waals surface area contributed by atoms with E-state index >= 15 is 0 Å². The van der Waals surface area contributed by atoms with Gasteiger partial charge in [0.05, 0.1) is 5.56 Å². The van der Waals surface area contributed by atoms with Crippen LogP contribution in [0.3, 0.4) is 0 Å². The van der Waals surface area contributed by atoms with E-state index in [9.17, 15) is 9.90 Å². The number of rotatable bonds is 2. The number of piperidine rings is 1. The molecule has 1 aromatic carbocycles. The molecule has 1 fully saturated rings. The number of nitrogens with zero attached hydrogens (tertiary/aromatic N) is 1. The summed E-state index contributed by atoms with van der Waals surface area (Å²) in [7, 11) is 2.10. The molecule has 4 heteroatoms. The fourth-order valence-electron chi connectivity index (χ4n) is 2.66. The average molecular weight is 262 g/mol. The SMILES string of the molecule is Cc1cccc(C(=O)NC2CCN(C)CC2C)c1O. The summed E-state index contributed by atoms with van der Waals surface area (Å²) in [6.07, 6.45) is 0.954. The first-order chi connectivity index (χ1) is 8.99. The largest absolute Gasteiger partial charge is 0.507 e. The predicted molar refractivity (Wildman–Crippen MR) is 75.4 cm³/mol. The van der Waals surface area contributed by atoms with Crippen LogP contribution < -0.4 is 5.32 Å². The van der Waals surface area contributed by atoms with Crippen LogP contribution in [0.2, 0.25) is 0 Å². The number of likely N-dealkylation sites (tertiary alicyclic amines) is 1. The van der Waals surface area contributed by atoms with Crippen molar-refractivity contribution in [3.63, 3.8) is 0 Å². The number of carbonyl (C=O) groups excluding carboxylic acids is 1. The second-order valence-electron chi connectivity index (χ2n) is 5.58. The van der Waals surface area contributed by atoms with Crippen molar-refractivity contribution in [2.24, 2.45) is 5.92 Å². The number of para-hydroxylation sites is 1. The summed E-state index contributed by atoms with van der Waals surface area (Å²) < 4.78 is 0. The first kappa shape index (κ1) is 13.9. The molecule has 1 heterocycles. The van der Waals surface area contributed by atoms with Gasteiger partial charge in [-0.1, -0.05) is 19.1 Å². The molecular formula is C15H22N2O2. The van der Waals surface area contributed by atoms with E-state index < -0.39 is 0 Å².